The smallest absolute Gasteiger partial charge is 0.169 e. The number of furan rings is 1. The van der Waals surface area contributed by atoms with Crippen molar-refractivity contribution < 1.29 is 4.42 Å². The Morgan fingerprint density at radius 1 is 0.667 bits per heavy atom. The number of nitrogens with zero attached hydrogens (tertiary/aromatic N) is 3. The van der Waals surface area contributed by atoms with Crippen LogP contribution < -0.4 is 0 Å². The van der Waals surface area contributed by atoms with Crippen LogP contribution in [0.25, 0.3) is 71.8 Å². The standard InChI is InChI=1S/C35H25N3O/c1-3-22-19-28(33-30(20-22)29-18-21(2)12-17-32(29)39-33)23-13-15-24(16-14-23)34-36-37-35-27-10-5-4-8-25(27)26-9-6-7-11-31(26)38(34)35/h4-20H,3H2,1-2H3. The van der Waals surface area contributed by atoms with E-state index < -0.39 is 0 Å². The lowest BCUT2D eigenvalue weighted by molar-refractivity contribution is 0.670. The average molecular weight is 504 g/mol. The van der Waals surface area contributed by atoms with E-state index in [0.29, 0.717) is 0 Å². The van der Waals surface area contributed by atoms with E-state index >= 15 is 0 Å². The zero-order valence-corrected chi connectivity index (χ0v) is 21.8. The number of benzene rings is 5. The van der Waals surface area contributed by atoms with Crippen LogP contribution in [0.5, 0.6) is 0 Å². The Bertz CT molecular complexity index is 2220. The van der Waals surface area contributed by atoms with Gasteiger partial charge in [0.25, 0.3) is 0 Å². The minimum Gasteiger partial charge on any atom is -0.455 e. The number of hydrogen-bond donors (Lipinski definition) is 0. The molecule has 0 atom stereocenters. The van der Waals surface area contributed by atoms with Crippen molar-refractivity contribution in [3.63, 3.8) is 0 Å². The molecule has 0 amide bonds. The zero-order valence-electron chi connectivity index (χ0n) is 21.8. The third-order valence-corrected chi connectivity index (χ3v) is 7.91. The molecular formula is C35H25N3O. The largest absolute Gasteiger partial charge is 0.455 e. The molecule has 0 saturated heterocycles. The van der Waals surface area contributed by atoms with E-state index in [1.165, 1.54) is 32.7 Å². The quantitative estimate of drug-likeness (QED) is 0.226. The number of fused-ring (bicyclic) bond motifs is 9. The fourth-order valence-electron chi connectivity index (χ4n) is 5.95. The zero-order chi connectivity index (χ0) is 26.1. The number of rotatable bonds is 3. The van der Waals surface area contributed by atoms with Gasteiger partial charge in [-0.3, -0.25) is 4.40 Å². The van der Waals surface area contributed by atoms with Crippen LogP contribution in [-0.4, -0.2) is 14.6 Å². The predicted octanol–water partition coefficient (Wildman–Crippen LogP) is 9.14. The van der Waals surface area contributed by atoms with Gasteiger partial charge in [0.05, 0.1) is 5.52 Å². The molecule has 8 aromatic rings. The van der Waals surface area contributed by atoms with Gasteiger partial charge in [-0.25, -0.2) is 0 Å². The molecule has 0 N–H and O–H groups in total. The molecule has 0 aliphatic rings. The number of hydrogen-bond acceptors (Lipinski definition) is 3. The SMILES string of the molecule is CCc1cc(-c2ccc(-c3nnc4c5ccccc5c5ccccc5n34)cc2)c2oc3ccc(C)cc3c2c1. The Morgan fingerprint density at radius 3 is 2.23 bits per heavy atom. The van der Waals surface area contributed by atoms with E-state index in [1.807, 2.05) is 0 Å². The van der Waals surface area contributed by atoms with Crippen LogP contribution in [0.1, 0.15) is 18.1 Å². The third kappa shape index (κ3) is 3.25. The Balaban J connectivity index is 1.32. The van der Waals surface area contributed by atoms with Crippen LogP contribution in [0.3, 0.4) is 0 Å². The van der Waals surface area contributed by atoms with Gasteiger partial charge in [-0.15, -0.1) is 10.2 Å². The van der Waals surface area contributed by atoms with Crippen LogP contribution in [0.15, 0.2) is 108 Å². The minimum atomic E-state index is 0.838. The first-order chi connectivity index (χ1) is 19.2. The molecule has 0 aliphatic heterocycles. The molecule has 0 fully saturated rings. The van der Waals surface area contributed by atoms with Gasteiger partial charge < -0.3 is 4.42 Å². The summed E-state index contributed by atoms with van der Waals surface area (Å²) in [6.45, 7) is 4.33. The van der Waals surface area contributed by atoms with Crippen molar-refractivity contribution >= 4 is 49.3 Å². The van der Waals surface area contributed by atoms with E-state index in [2.05, 4.69) is 132 Å². The molecular weight excluding hydrogens is 478 g/mol. The fraction of sp³-hybridized carbons (Fsp3) is 0.0857. The summed E-state index contributed by atoms with van der Waals surface area (Å²) in [7, 11) is 0. The lowest BCUT2D eigenvalue weighted by Gasteiger charge is -2.10. The van der Waals surface area contributed by atoms with Crippen molar-refractivity contribution in [2.45, 2.75) is 20.3 Å². The van der Waals surface area contributed by atoms with Crippen LogP contribution in [0, 0.1) is 6.92 Å². The van der Waals surface area contributed by atoms with Gasteiger partial charge in [-0.2, -0.15) is 0 Å². The maximum absolute atomic E-state index is 6.42. The van der Waals surface area contributed by atoms with Crippen molar-refractivity contribution in [2.24, 2.45) is 0 Å². The average Bonchev–Trinajstić information content (AvgIpc) is 3.59. The van der Waals surface area contributed by atoms with E-state index in [9.17, 15) is 0 Å². The maximum Gasteiger partial charge on any atom is 0.169 e. The van der Waals surface area contributed by atoms with Crippen LogP contribution in [0.2, 0.25) is 0 Å². The van der Waals surface area contributed by atoms with E-state index in [-0.39, 0.29) is 0 Å². The second-order valence-corrected chi connectivity index (χ2v) is 10.3. The van der Waals surface area contributed by atoms with Gasteiger partial charge in [-0.1, -0.05) is 85.3 Å². The molecule has 186 valence electrons. The molecule has 0 spiro atoms. The van der Waals surface area contributed by atoms with Crippen molar-refractivity contribution in [1.29, 1.82) is 0 Å². The molecule has 0 bridgehead atoms. The first-order valence-corrected chi connectivity index (χ1v) is 13.4. The summed E-state index contributed by atoms with van der Waals surface area (Å²) in [6.07, 6.45) is 0.965. The summed E-state index contributed by atoms with van der Waals surface area (Å²) >= 11 is 0. The Hall–Kier alpha value is -4.96. The van der Waals surface area contributed by atoms with Crippen molar-refractivity contribution in [1.82, 2.24) is 14.6 Å². The number of pyridine rings is 1. The number of para-hydroxylation sites is 1. The van der Waals surface area contributed by atoms with Gasteiger partial charge in [0.1, 0.15) is 11.2 Å². The Morgan fingerprint density at radius 2 is 1.41 bits per heavy atom. The van der Waals surface area contributed by atoms with Crippen LogP contribution in [0.4, 0.5) is 0 Å². The van der Waals surface area contributed by atoms with E-state index in [0.717, 1.165) is 56.7 Å². The number of aromatic nitrogens is 3. The first-order valence-electron chi connectivity index (χ1n) is 13.4. The topological polar surface area (TPSA) is 43.3 Å². The van der Waals surface area contributed by atoms with Crippen LogP contribution >= 0.6 is 0 Å². The number of aryl methyl sites for hydroxylation is 2. The van der Waals surface area contributed by atoms with Crippen LogP contribution in [-0.2, 0) is 6.42 Å². The molecule has 4 heteroatoms. The maximum atomic E-state index is 6.42. The highest BCUT2D eigenvalue weighted by Gasteiger charge is 2.17. The van der Waals surface area contributed by atoms with Crippen molar-refractivity contribution in [3.05, 3.63) is 114 Å². The molecule has 3 aromatic heterocycles. The Kier molecular flexibility index (Phi) is 4.68. The summed E-state index contributed by atoms with van der Waals surface area (Å²) in [5, 5.41) is 15.2. The van der Waals surface area contributed by atoms with Crippen molar-refractivity contribution in [2.75, 3.05) is 0 Å². The normalized spacial score (nSPS) is 11.9. The molecule has 4 nitrogen and oxygen atoms in total. The molecule has 0 saturated carbocycles. The molecule has 39 heavy (non-hydrogen) atoms. The van der Waals surface area contributed by atoms with E-state index in [4.69, 9.17) is 4.42 Å². The molecule has 0 unspecified atom stereocenters. The third-order valence-electron chi connectivity index (χ3n) is 7.91. The van der Waals surface area contributed by atoms with Gasteiger partial charge in [-0.05, 0) is 60.2 Å². The molecule has 8 rings (SSSR count). The van der Waals surface area contributed by atoms with E-state index in [1.54, 1.807) is 0 Å². The molecule has 0 aliphatic carbocycles. The van der Waals surface area contributed by atoms with Crippen molar-refractivity contribution in [3.8, 4) is 22.5 Å². The highest BCUT2D eigenvalue weighted by molar-refractivity contribution is 6.12. The molecule has 0 radical (unpaired) electrons. The van der Waals surface area contributed by atoms with Gasteiger partial charge >= 0.3 is 0 Å². The summed E-state index contributed by atoms with van der Waals surface area (Å²) in [5.74, 6) is 0.838. The predicted molar refractivity (Wildman–Crippen MR) is 160 cm³/mol. The highest BCUT2D eigenvalue weighted by atomic mass is 16.3. The second kappa shape index (κ2) is 8.27. The molecule has 3 heterocycles. The summed E-state index contributed by atoms with van der Waals surface area (Å²) in [4.78, 5) is 0. The Labute approximate surface area is 225 Å². The lowest BCUT2D eigenvalue weighted by Crippen LogP contribution is -1.94. The first kappa shape index (κ1) is 22.1. The lowest BCUT2D eigenvalue weighted by atomic mass is 9.97. The summed E-state index contributed by atoms with van der Waals surface area (Å²) < 4.78 is 8.60. The molecule has 5 aromatic carbocycles. The fourth-order valence-corrected chi connectivity index (χ4v) is 5.95. The van der Waals surface area contributed by atoms with Gasteiger partial charge in [0, 0.05) is 32.7 Å². The van der Waals surface area contributed by atoms with Gasteiger partial charge in [0.2, 0.25) is 0 Å². The minimum absolute atomic E-state index is 0.838. The summed E-state index contributed by atoms with van der Waals surface area (Å²) in [6, 6.07) is 36.5. The monoisotopic (exact) mass is 503 g/mol. The summed E-state index contributed by atoms with van der Waals surface area (Å²) in [5.41, 5.74) is 9.64. The second-order valence-electron chi connectivity index (χ2n) is 10.3. The highest BCUT2D eigenvalue weighted by Crippen LogP contribution is 2.38. The van der Waals surface area contributed by atoms with Gasteiger partial charge in [0.15, 0.2) is 11.5 Å².